The molecule has 1 aliphatic rings. The maximum atomic E-state index is 9.92. The molecule has 130 valence electrons. The van der Waals surface area contributed by atoms with Gasteiger partial charge >= 0.3 is 0 Å². The van der Waals surface area contributed by atoms with Crippen molar-refractivity contribution in [3.05, 3.63) is 29.8 Å². The fourth-order valence-corrected chi connectivity index (χ4v) is 2.68. The van der Waals surface area contributed by atoms with Gasteiger partial charge in [-0.3, -0.25) is 0 Å². The van der Waals surface area contributed by atoms with Crippen LogP contribution in [0.25, 0.3) is 0 Å². The highest BCUT2D eigenvalue weighted by atomic mass is 16.7. The third kappa shape index (κ3) is 4.20. The van der Waals surface area contributed by atoms with E-state index in [2.05, 4.69) is 0 Å². The molecular formula is C16H24O7. The molecule has 0 radical (unpaired) electrons. The molecule has 0 spiro atoms. The Labute approximate surface area is 135 Å². The van der Waals surface area contributed by atoms with Crippen molar-refractivity contribution in [2.75, 3.05) is 27.9 Å². The van der Waals surface area contributed by atoms with Crippen LogP contribution < -0.4 is 4.74 Å². The Kier molecular flexibility index (Phi) is 6.76. The number of rotatable bonds is 7. The molecule has 1 fully saturated rings. The molecule has 0 unspecified atom stereocenters. The van der Waals surface area contributed by atoms with E-state index in [0.717, 1.165) is 11.3 Å². The Morgan fingerprint density at radius 2 is 1.65 bits per heavy atom. The van der Waals surface area contributed by atoms with Gasteiger partial charge in [0.2, 0.25) is 0 Å². The Balaban J connectivity index is 2.06. The van der Waals surface area contributed by atoms with E-state index in [1.165, 1.54) is 14.2 Å². The Bertz CT molecular complexity index is 464. The summed E-state index contributed by atoms with van der Waals surface area (Å²) in [5.74, 6) is 0.764. The summed E-state index contributed by atoms with van der Waals surface area (Å²) in [6.07, 6.45) is -3.69. The van der Waals surface area contributed by atoms with Gasteiger partial charge in [0.1, 0.15) is 30.2 Å². The van der Waals surface area contributed by atoms with Gasteiger partial charge in [0, 0.05) is 14.2 Å². The number of aliphatic hydroxyl groups is 2. The molecule has 1 aliphatic heterocycles. The van der Waals surface area contributed by atoms with E-state index in [4.69, 9.17) is 23.7 Å². The normalized spacial score (nSPS) is 31.1. The second-order valence-electron chi connectivity index (χ2n) is 5.27. The molecule has 0 aromatic heterocycles. The zero-order valence-corrected chi connectivity index (χ0v) is 13.5. The zero-order valence-electron chi connectivity index (χ0n) is 13.5. The zero-order chi connectivity index (χ0) is 16.8. The SMILES string of the molecule is COc1ccc(CO[C@@H]2[C@H](OC)[C@@H](OC)[C@H](O)O[C@@H]2CO)cc1. The molecule has 0 saturated carbocycles. The van der Waals surface area contributed by atoms with Crippen LogP contribution in [0.3, 0.4) is 0 Å². The van der Waals surface area contributed by atoms with E-state index >= 15 is 0 Å². The molecule has 1 heterocycles. The van der Waals surface area contributed by atoms with Crippen molar-refractivity contribution in [3.8, 4) is 5.75 Å². The van der Waals surface area contributed by atoms with Crippen LogP contribution in [0.15, 0.2) is 24.3 Å². The molecule has 0 aliphatic carbocycles. The van der Waals surface area contributed by atoms with Crippen molar-refractivity contribution in [2.45, 2.75) is 37.3 Å². The van der Waals surface area contributed by atoms with E-state index < -0.39 is 30.7 Å². The lowest BCUT2D eigenvalue weighted by Crippen LogP contribution is -2.60. The molecule has 2 N–H and O–H groups in total. The maximum absolute atomic E-state index is 9.92. The molecule has 0 bridgehead atoms. The standard InChI is InChI=1S/C16H24O7/c1-19-11-6-4-10(5-7-11)9-22-13-12(8-17)23-16(18)15(21-3)14(13)20-2/h4-7,12-18H,8-9H2,1-3H3/t12-,13+,14+,15-,16-/m1/s1. The summed E-state index contributed by atoms with van der Waals surface area (Å²) >= 11 is 0. The van der Waals surface area contributed by atoms with Gasteiger partial charge in [-0.25, -0.2) is 0 Å². The first-order chi connectivity index (χ1) is 11.1. The largest absolute Gasteiger partial charge is 0.497 e. The second-order valence-corrected chi connectivity index (χ2v) is 5.27. The van der Waals surface area contributed by atoms with Crippen LogP contribution in [0.5, 0.6) is 5.75 Å². The first-order valence-corrected chi connectivity index (χ1v) is 7.39. The minimum absolute atomic E-state index is 0.291. The highest BCUT2D eigenvalue weighted by molar-refractivity contribution is 5.26. The van der Waals surface area contributed by atoms with Crippen molar-refractivity contribution < 1.29 is 33.9 Å². The lowest BCUT2D eigenvalue weighted by molar-refractivity contribution is -0.304. The van der Waals surface area contributed by atoms with Crippen molar-refractivity contribution in [2.24, 2.45) is 0 Å². The molecule has 23 heavy (non-hydrogen) atoms. The quantitative estimate of drug-likeness (QED) is 0.745. The fourth-order valence-electron chi connectivity index (χ4n) is 2.68. The second kappa shape index (κ2) is 8.58. The summed E-state index contributed by atoms with van der Waals surface area (Å²) < 4.78 is 27.0. The molecule has 1 aromatic rings. The third-order valence-electron chi connectivity index (χ3n) is 3.94. The summed E-state index contributed by atoms with van der Waals surface area (Å²) in [5.41, 5.74) is 0.942. The molecule has 1 saturated heterocycles. The van der Waals surface area contributed by atoms with Gasteiger partial charge in [0.05, 0.1) is 20.3 Å². The van der Waals surface area contributed by atoms with Gasteiger partial charge in [-0.2, -0.15) is 0 Å². The minimum atomic E-state index is -1.18. The van der Waals surface area contributed by atoms with Gasteiger partial charge in [0.15, 0.2) is 6.29 Å². The Hall–Kier alpha value is -1.22. The van der Waals surface area contributed by atoms with Crippen LogP contribution in [-0.2, 0) is 25.6 Å². The van der Waals surface area contributed by atoms with E-state index in [1.54, 1.807) is 7.11 Å². The lowest BCUT2D eigenvalue weighted by Gasteiger charge is -2.43. The fraction of sp³-hybridized carbons (Fsp3) is 0.625. The van der Waals surface area contributed by atoms with Crippen molar-refractivity contribution in [1.29, 1.82) is 0 Å². The summed E-state index contributed by atoms with van der Waals surface area (Å²) in [6, 6.07) is 7.46. The van der Waals surface area contributed by atoms with Crippen LogP contribution in [0.2, 0.25) is 0 Å². The molecule has 0 amide bonds. The van der Waals surface area contributed by atoms with E-state index in [0.29, 0.717) is 6.61 Å². The molecule has 5 atom stereocenters. The van der Waals surface area contributed by atoms with Gasteiger partial charge in [-0.05, 0) is 17.7 Å². The predicted molar refractivity (Wildman–Crippen MR) is 81.1 cm³/mol. The third-order valence-corrected chi connectivity index (χ3v) is 3.94. The van der Waals surface area contributed by atoms with E-state index in [-0.39, 0.29) is 6.61 Å². The number of methoxy groups -OCH3 is 3. The van der Waals surface area contributed by atoms with Gasteiger partial charge < -0.3 is 33.9 Å². The average molecular weight is 328 g/mol. The monoisotopic (exact) mass is 328 g/mol. The predicted octanol–water partition coefficient (Wildman–Crippen LogP) is 0.320. The first kappa shape index (κ1) is 18.1. The molecule has 1 aromatic carbocycles. The van der Waals surface area contributed by atoms with Crippen LogP contribution >= 0.6 is 0 Å². The van der Waals surface area contributed by atoms with Gasteiger partial charge in [-0.1, -0.05) is 12.1 Å². The minimum Gasteiger partial charge on any atom is -0.497 e. The summed E-state index contributed by atoms with van der Waals surface area (Å²) in [4.78, 5) is 0. The number of hydrogen-bond donors (Lipinski definition) is 2. The van der Waals surface area contributed by atoms with Crippen LogP contribution in [0.4, 0.5) is 0 Å². The highest BCUT2D eigenvalue weighted by Gasteiger charge is 2.46. The summed E-state index contributed by atoms with van der Waals surface area (Å²) in [5, 5.41) is 19.4. The van der Waals surface area contributed by atoms with Crippen LogP contribution in [0, 0.1) is 0 Å². The number of ether oxygens (including phenoxy) is 5. The van der Waals surface area contributed by atoms with Crippen LogP contribution in [0.1, 0.15) is 5.56 Å². The smallest absolute Gasteiger partial charge is 0.184 e. The Morgan fingerprint density at radius 1 is 1.00 bits per heavy atom. The van der Waals surface area contributed by atoms with E-state index in [9.17, 15) is 10.2 Å². The van der Waals surface area contributed by atoms with Crippen LogP contribution in [-0.4, -0.2) is 68.9 Å². The van der Waals surface area contributed by atoms with Crippen molar-refractivity contribution in [3.63, 3.8) is 0 Å². The number of hydrogen-bond acceptors (Lipinski definition) is 7. The van der Waals surface area contributed by atoms with Crippen molar-refractivity contribution in [1.82, 2.24) is 0 Å². The maximum Gasteiger partial charge on any atom is 0.184 e. The number of aliphatic hydroxyl groups excluding tert-OH is 2. The molecule has 2 rings (SSSR count). The summed E-state index contributed by atoms with van der Waals surface area (Å²) in [6.45, 7) is 0.0154. The first-order valence-electron chi connectivity index (χ1n) is 7.39. The highest BCUT2D eigenvalue weighted by Crippen LogP contribution is 2.27. The van der Waals surface area contributed by atoms with E-state index in [1.807, 2.05) is 24.3 Å². The molecule has 7 heteroatoms. The number of benzene rings is 1. The average Bonchev–Trinajstić information content (AvgIpc) is 2.59. The summed E-state index contributed by atoms with van der Waals surface area (Å²) in [7, 11) is 4.58. The topological polar surface area (TPSA) is 86.6 Å². The van der Waals surface area contributed by atoms with Gasteiger partial charge in [0.25, 0.3) is 0 Å². The van der Waals surface area contributed by atoms with Gasteiger partial charge in [-0.15, -0.1) is 0 Å². The Morgan fingerprint density at radius 3 is 2.17 bits per heavy atom. The molecular weight excluding hydrogens is 304 g/mol. The molecule has 7 nitrogen and oxygen atoms in total. The van der Waals surface area contributed by atoms with Crippen molar-refractivity contribution >= 4 is 0 Å². The lowest BCUT2D eigenvalue weighted by atomic mass is 9.98.